The molecule has 4 heteroatoms. The van der Waals surface area contributed by atoms with Gasteiger partial charge < -0.3 is 15.2 Å². The lowest BCUT2D eigenvalue weighted by Crippen LogP contribution is -2.09. The number of hydrogen-bond acceptors (Lipinski definition) is 3. The highest BCUT2D eigenvalue weighted by Crippen LogP contribution is 2.37. The SMILES string of the molecule is COc1cc(Br)cc(NC(C)C)c1O. The Hall–Kier alpha value is -0.900. The molecule has 0 aliphatic rings. The van der Waals surface area contributed by atoms with E-state index in [0.717, 1.165) is 4.47 Å². The molecule has 0 spiro atoms. The lowest BCUT2D eigenvalue weighted by molar-refractivity contribution is 0.374. The molecule has 0 heterocycles. The second kappa shape index (κ2) is 4.55. The molecule has 0 aliphatic heterocycles. The molecule has 14 heavy (non-hydrogen) atoms. The third-order valence-corrected chi connectivity index (χ3v) is 2.16. The molecule has 1 rings (SSSR count). The summed E-state index contributed by atoms with van der Waals surface area (Å²) in [6, 6.07) is 3.80. The quantitative estimate of drug-likeness (QED) is 0.821. The third kappa shape index (κ3) is 2.54. The second-order valence-electron chi connectivity index (χ2n) is 3.30. The van der Waals surface area contributed by atoms with E-state index < -0.39 is 0 Å². The fraction of sp³-hybridized carbons (Fsp3) is 0.400. The Balaban J connectivity index is 3.08. The highest BCUT2D eigenvalue weighted by molar-refractivity contribution is 9.10. The van der Waals surface area contributed by atoms with Crippen molar-refractivity contribution >= 4 is 21.6 Å². The van der Waals surface area contributed by atoms with Crippen LogP contribution in [0.5, 0.6) is 11.5 Å². The molecule has 1 aromatic rings. The number of phenolic OH excluding ortho intramolecular Hbond substituents is 1. The van der Waals surface area contributed by atoms with E-state index >= 15 is 0 Å². The minimum Gasteiger partial charge on any atom is -0.503 e. The first kappa shape index (κ1) is 11.2. The van der Waals surface area contributed by atoms with Crippen LogP contribution in [0.3, 0.4) is 0 Å². The minimum absolute atomic E-state index is 0.143. The summed E-state index contributed by atoms with van der Waals surface area (Å²) in [4.78, 5) is 0. The van der Waals surface area contributed by atoms with Crippen molar-refractivity contribution < 1.29 is 9.84 Å². The van der Waals surface area contributed by atoms with Gasteiger partial charge in [-0.3, -0.25) is 0 Å². The molecule has 0 unspecified atom stereocenters. The number of hydrogen-bond donors (Lipinski definition) is 2. The molecule has 0 amide bonds. The van der Waals surface area contributed by atoms with Crippen LogP contribution >= 0.6 is 15.9 Å². The molecule has 1 aromatic carbocycles. The van der Waals surface area contributed by atoms with Crippen molar-refractivity contribution in [3.63, 3.8) is 0 Å². The van der Waals surface area contributed by atoms with Crippen LogP contribution in [0.1, 0.15) is 13.8 Å². The summed E-state index contributed by atoms with van der Waals surface area (Å²) in [5.41, 5.74) is 0.672. The van der Waals surface area contributed by atoms with E-state index in [4.69, 9.17) is 4.74 Å². The Morgan fingerprint density at radius 3 is 2.57 bits per heavy atom. The molecular weight excluding hydrogens is 246 g/mol. The summed E-state index contributed by atoms with van der Waals surface area (Å²) < 4.78 is 5.90. The van der Waals surface area contributed by atoms with Crippen molar-refractivity contribution in [1.82, 2.24) is 0 Å². The van der Waals surface area contributed by atoms with E-state index in [2.05, 4.69) is 21.2 Å². The standard InChI is InChI=1S/C10H14BrNO2/c1-6(2)12-8-4-7(11)5-9(14-3)10(8)13/h4-6,12-13H,1-3H3. The van der Waals surface area contributed by atoms with Gasteiger partial charge in [0.2, 0.25) is 0 Å². The molecule has 0 saturated heterocycles. The fourth-order valence-electron chi connectivity index (χ4n) is 1.15. The van der Waals surface area contributed by atoms with Crippen LogP contribution in [0.2, 0.25) is 0 Å². The number of benzene rings is 1. The Morgan fingerprint density at radius 2 is 2.07 bits per heavy atom. The van der Waals surface area contributed by atoms with Crippen LogP contribution in [0.25, 0.3) is 0 Å². The number of methoxy groups -OCH3 is 1. The number of anilines is 1. The second-order valence-corrected chi connectivity index (χ2v) is 4.22. The smallest absolute Gasteiger partial charge is 0.181 e. The average molecular weight is 260 g/mol. The molecule has 0 aromatic heterocycles. The normalized spacial score (nSPS) is 10.4. The number of aromatic hydroxyl groups is 1. The van der Waals surface area contributed by atoms with Gasteiger partial charge in [0.15, 0.2) is 11.5 Å². The highest BCUT2D eigenvalue weighted by Gasteiger charge is 2.09. The Morgan fingerprint density at radius 1 is 1.43 bits per heavy atom. The number of halogens is 1. The Bertz CT molecular complexity index is 326. The molecule has 0 radical (unpaired) electrons. The topological polar surface area (TPSA) is 41.5 Å². The summed E-state index contributed by atoms with van der Waals surface area (Å²) >= 11 is 3.35. The molecule has 0 atom stereocenters. The molecule has 0 bridgehead atoms. The maximum atomic E-state index is 9.75. The molecule has 0 saturated carbocycles. The zero-order valence-corrected chi connectivity index (χ0v) is 10.1. The van der Waals surface area contributed by atoms with Gasteiger partial charge >= 0.3 is 0 Å². The van der Waals surface area contributed by atoms with E-state index in [9.17, 15) is 5.11 Å². The summed E-state index contributed by atoms with van der Waals surface area (Å²) in [6.07, 6.45) is 0. The zero-order chi connectivity index (χ0) is 10.7. The number of ether oxygens (including phenoxy) is 1. The van der Waals surface area contributed by atoms with Crippen LogP contribution in [0, 0.1) is 0 Å². The predicted molar refractivity (Wildman–Crippen MR) is 61.1 cm³/mol. The van der Waals surface area contributed by atoms with Gasteiger partial charge in [-0.15, -0.1) is 0 Å². The summed E-state index contributed by atoms with van der Waals surface area (Å²) in [5.74, 6) is 0.604. The third-order valence-electron chi connectivity index (χ3n) is 1.70. The van der Waals surface area contributed by atoms with Gasteiger partial charge in [-0.1, -0.05) is 15.9 Å². The molecule has 3 nitrogen and oxygen atoms in total. The van der Waals surface area contributed by atoms with E-state index in [0.29, 0.717) is 11.4 Å². The maximum absolute atomic E-state index is 9.75. The van der Waals surface area contributed by atoms with Crippen LogP contribution in [0.4, 0.5) is 5.69 Å². The largest absolute Gasteiger partial charge is 0.503 e. The van der Waals surface area contributed by atoms with Gasteiger partial charge in [0.25, 0.3) is 0 Å². The van der Waals surface area contributed by atoms with E-state index in [1.165, 1.54) is 7.11 Å². The monoisotopic (exact) mass is 259 g/mol. The molecule has 0 aliphatic carbocycles. The molecular formula is C10H14BrNO2. The summed E-state index contributed by atoms with van der Waals surface area (Å²) in [5, 5.41) is 12.9. The summed E-state index contributed by atoms with van der Waals surface area (Å²) in [6.45, 7) is 4.01. The van der Waals surface area contributed by atoms with Crippen LogP contribution < -0.4 is 10.1 Å². The lowest BCUT2D eigenvalue weighted by Gasteiger charge is -2.14. The molecule has 78 valence electrons. The van der Waals surface area contributed by atoms with Crippen LogP contribution in [-0.2, 0) is 0 Å². The van der Waals surface area contributed by atoms with Crippen molar-refractivity contribution in [1.29, 1.82) is 0 Å². The fourth-order valence-corrected chi connectivity index (χ4v) is 1.59. The van der Waals surface area contributed by atoms with Crippen molar-refractivity contribution in [3.05, 3.63) is 16.6 Å². The van der Waals surface area contributed by atoms with E-state index in [-0.39, 0.29) is 11.8 Å². The van der Waals surface area contributed by atoms with Crippen LogP contribution in [-0.4, -0.2) is 18.3 Å². The highest BCUT2D eigenvalue weighted by atomic mass is 79.9. The van der Waals surface area contributed by atoms with E-state index in [1.807, 2.05) is 19.9 Å². The van der Waals surface area contributed by atoms with Gasteiger partial charge in [0.1, 0.15) is 0 Å². The summed E-state index contributed by atoms with van der Waals surface area (Å²) in [7, 11) is 1.53. The van der Waals surface area contributed by atoms with Crippen molar-refractivity contribution in [2.75, 3.05) is 12.4 Å². The van der Waals surface area contributed by atoms with Crippen molar-refractivity contribution in [2.24, 2.45) is 0 Å². The van der Waals surface area contributed by atoms with Crippen molar-refractivity contribution in [3.8, 4) is 11.5 Å². The number of phenols is 1. The molecule has 2 N–H and O–H groups in total. The lowest BCUT2D eigenvalue weighted by atomic mass is 10.2. The number of rotatable bonds is 3. The predicted octanol–water partition coefficient (Wildman–Crippen LogP) is 2.98. The zero-order valence-electron chi connectivity index (χ0n) is 8.47. The van der Waals surface area contributed by atoms with Crippen LogP contribution in [0.15, 0.2) is 16.6 Å². The number of nitrogens with one attached hydrogen (secondary N) is 1. The molecule has 0 fully saturated rings. The Labute approximate surface area is 92.2 Å². The maximum Gasteiger partial charge on any atom is 0.181 e. The van der Waals surface area contributed by atoms with Gasteiger partial charge in [-0.05, 0) is 26.0 Å². The first-order valence-corrected chi connectivity index (χ1v) is 5.17. The minimum atomic E-state index is 0.143. The van der Waals surface area contributed by atoms with Crippen molar-refractivity contribution in [2.45, 2.75) is 19.9 Å². The van der Waals surface area contributed by atoms with E-state index in [1.54, 1.807) is 6.07 Å². The first-order valence-electron chi connectivity index (χ1n) is 4.37. The van der Waals surface area contributed by atoms with Gasteiger partial charge in [-0.25, -0.2) is 0 Å². The van der Waals surface area contributed by atoms with Gasteiger partial charge in [0.05, 0.1) is 12.8 Å². The average Bonchev–Trinajstić information content (AvgIpc) is 2.09. The first-order chi connectivity index (χ1) is 6.54. The van der Waals surface area contributed by atoms with Gasteiger partial charge in [-0.2, -0.15) is 0 Å². The Kier molecular flexibility index (Phi) is 3.63. The van der Waals surface area contributed by atoms with Gasteiger partial charge in [0, 0.05) is 10.5 Å².